The highest BCUT2D eigenvalue weighted by molar-refractivity contribution is 5.50. The number of ether oxygens (including phenoxy) is 2. The summed E-state index contributed by atoms with van der Waals surface area (Å²) in [4.78, 5) is 0. The van der Waals surface area contributed by atoms with Crippen molar-refractivity contribution in [3.8, 4) is 11.8 Å². The highest BCUT2D eigenvalue weighted by Crippen LogP contribution is 2.23. The molecule has 0 saturated heterocycles. The number of methoxy groups -OCH3 is 1. The van der Waals surface area contributed by atoms with E-state index in [0.29, 0.717) is 12.4 Å². The molecule has 0 aliphatic rings. The van der Waals surface area contributed by atoms with Crippen LogP contribution in [0.2, 0.25) is 0 Å². The quantitative estimate of drug-likeness (QED) is 0.845. The molecular formula is C17H18N2O2. The van der Waals surface area contributed by atoms with Crippen molar-refractivity contribution in [1.82, 2.24) is 0 Å². The lowest BCUT2D eigenvalue weighted by molar-refractivity contribution is 0.186. The summed E-state index contributed by atoms with van der Waals surface area (Å²) in [5, 5.41) is 12.0. The van der Waals surface area contributed by atoms with E-state index in [1.807, 2.05) is 48.5 Å². The van der Waals surface area contributed by atoms with Crippen LogP contribution in [0.5, 0.6) is 5.75 Å². The molecule has 2 rings (SSSR count). The van der Waals surface area contributed by atoms with Gasteiger partial charge in [0.05, 0.1) is 12.6 Å². The van der Waals surface area contributed by atoms with Gasteiger partial charge in [-0.1, -0.05) is 36.4 Å². The monoisotopic (exact) mass is 282 g/mol. The van der Waals surface area contributed by atoms with Crippen molar-refractivity contribution in [3.63, 3.8) is 0 Å². The summed E-state index contributed by atoms with van der Waals surface area (Å²) >= 11 is 0. The standard InChI is InChI=1S/C17H18N2O2/c1-20-13-17(14-6-3-2-4-7-14)19-15-8-5-9-16(12-15)21-11-10-18/h2-9,12,17,19H,11,13H2,1H3. The molecule has 2 aromatic rings. The summed E-state index contributed by atoms with van der Waals surface area (Å²) in [6.07, 6.45) is 0. The average Bonchev–Trinajstić information content (AvgIpc) is 2.54. The van der Waals surface area contributed by atoms with Gasteiger partial charge in [-0.2, -0.15) is 5.26 Å². The Kier molecular flexibility index (Phi) is 5.62. The first-order chi connectivity index (χ1) is 10.3. The molecular weight excluding hydrogens is 264 g/mol. The van der Waals surface area contributed by atoms with E-state index >= 15 is 0 Å². The van der Waals surface area contributed by atoms with Crippen LogP contribution in [0.25, 0.3) is 0 Å². The minimum atomic E-state index is 0.0453. The number of benzene rings is 2. The van der Waals surface area contributed by atoms with Gasteiger partial charge < -0.3 is 14.8 Å². The molecule has 0 spiro atoms. The lowest BCUT2D eigenvalue weighted by atomic mass is 10.1. The lowest BCUT2D eigenvalue weighted by Gasteiger charge is -2.20. The van der Waals surface area contributed by atoms with Crippen molar-refractivity contribution < 1.29 is 9.47 Å². The molecule has 0 saturated carbocycles. The zero-order valence-electron chi connectivity index (χ0n) is 12.0. The summed E-state index contributed by atoms with van der Waals surface area (Å²) in [6.45, 7) is 0.608. The minimum absolute atomic E-state index is 0.0453. The van der Waals surface area contributed by atoms with E-state index in [1.54, 1.807) is 7.11 Å². The van der Waals surface area contributed by atoms with Crippen molar-refractivity contribution in [1.29, 1.82) is 5.26 Å². The van der Waals surface area contributed by atoms with Crippen LogP contribution in [0.3, 0.4) is 0 Å². The van der Waals surface area contributed by atoms with Gasteiger partial charge in [0.1, 0.15) is 11.8 Å². The fourth-order valence-electron chi connectivity index (χ4n) is 2.07. The highest BCUT2D eigenvalue weighted by atomic mass is 16.5. The summed E-state index contributed by atoms with van der Waals surface area (Å²) in [5.41, 5.74) is 2.08. The van der Waals surface area contributed by atoms with Gasteiger partial charge >= 0.3 is 0 Å². The fraction of sp³-hybridized carbons (Fsp3) is 0.235. The third-order valence-corrected chi connectivity index (χ3v) is 3.01. The van der Waals surface area contributed by atoms with E-state index in [1.165, 1.54) is 0 Å². The van der Waals surface area contributed by atoms with Gasteiger partial charge in [0.15, 0.2) is 6.61 Å². The first kappa shape index (κ1) is 14.9. The SMILES string of the molecule is COCC(Nc1cccc(OCC#N)c1)c1ccccc1. The minimum Gasteiger partial charge on any atom is -0.479 e. The molecule has 4 nitrogen and oxygen atoms in total. The Hall–Kier alpha value is -2.51. The molecule has 4 heteroatoms. The van der Waals surface area contributed by atoms with E-state index < -0.39 is 0 Å². The Morgan fingerprint density at radius 3 is 2.67 bits per heavy atom. The second-order valence-corrected chi connectivity index (χ2v) is 4.54. The molecule has 0 heterocycles. The molecule has 0 aliphatic carbocycles. The summed E-state index contributed by atoms with van der Waals surface area (Å²) in [7, 11) is 1.68. The second-order valence-electron chi connectivity index (χ2n) is 4.54. The van der Waals surface area contributed by atoms with Crippen LogP contribution >= 0.6 is 0 Å². The molecule has 0 fully saturated rings. The van der Waals surface area contributed by atoms with Crippen LogP contribution in [0.15, 0.2) is 54.6 Å². The Balaban J connectivity index is 2.12. The second kappa shape index (κ2) is 7.93. The predicted molar refractivity (Wildman–Crippen MR) is 82.2 cm³/mol. The first-order valence-corrected chi connectivity index (χ1v) is 6.73. The Morgan fingerprint density at radius 1 is 1.14 bits per heavy atom. The smallest absolute Gasteiger partial charge is 0.174 e. The number of rotatable bonds is 7. The topological polar surface area (TPSA) is 54.3 Å². The van der Waals surface area contributed by atoms with E-state index in [0.717, 1.165) is 11.3 Å². The van der Waals surface area contributed by atoms with Crippen molar-refractivity contribution in [3.05, 3.63) is 60.2 Å². The fourth-order valence-corrected chi connectivity index (χ4v) is 2.07. The van der Waals surface area contributed by atoms with Crippen LogP contribution in [-0.4, -0.2) is 20.3 Å². The van der Waals surface area contributed by atoms with Gasteiger partial charge in [-0.25, -0.2) is 0 Å². The van der Waals surface area contributed by atoms with E-state index in [-0.39, 0.29) is 12.6 Å². The van der Waals surface area contributed by atoms with Crippen LogP contribution in [0.4, 0.5) is 5.69 Å². The normalized spacial score (nSPS) is 11.4. The summed E-state index contributed by atoms with van der Waals surface area (Å²) < 4.78 is 10.6. The van der Waals surface area contributed by atoms with Crippen LogP contribution in [-0.2, 0) is 4.74 Å². The molecule has 108 valence electrons. The molecule has 0 bridgehead atoms. The molecule has 0 radical (unpaired) electrons. The number of hydrogen-bond acceptors (Lipinski definition) is 4. The molecule has 0 amide bonds. The highest BCUT2D eigenvalue weighted by Gasteiger charge is 2.11. The van der Waals surface area contributed by atoms with E-state index in [9.17, 15) is 0 Å². The zero-order valence-corrected chi connectivity index (χ0v) is 12.0. The largest absolute Gasteiger partial charge is 0.479 e. The van der Waals surface area contributed by atoms with Gasteiger partial charge in [0, 0.05) is 18.9 Å². The van der Waals surface area contributed by atoms with Crippen molar-refractivity contribution in [2.75, 3.05) is 25.6 Å². The van der Waals surface area contributed by atoms with Gasteiger partial charge in [0.25, 0.3) is 0 Å². The van der Waals surface area contributed by atoms with Crippen molar-refractivity contribution >= 4 is 5.69 Å². The van der Waals surface area contributed by atoms with Crippen molar-refractivity contribution in [2.45, 2.75) is 6.04 Å². The van der Waals surface area contributed by atoms with Crippen LogP contribution in [0, 0.1) is 11.3 Å². The molecule has 1 unspecified atom stereocenters. The lowest BCUT2D eigenvalue weighted by Crippen LogP contribution is -2.16. The van der Waals surface area contributed by atoms with Gasteiger partial charge in [-0.3, -0.25) is 0 Å². The Bertz CT molecular complexity index is 593. The Labute approximate surface area is 124 Å². The maximum absolute atomic E-state index is 8.55. The maximum atomic E-state index is 8.55. The average molecular weight is 282 g/mol. The molecule has 1 atom stereocenters. The number of hydrogen-bond donors (Lipinski definition) is 1. The van der Waals surface area contributed by atoms with Gasteiger partial charge in [-0.05, 0) is 17.7 Å². The maximum Gasteiger partial charge on any atom is 0.174 e. The summed E-state index contributed by atoms with van der Waals surface area (Å²) in [5.74, 6) is 0.672. The number of nitrogens with zero attached hydrogens (tertiary/aromatic N) is 1. The third kappa shape index (κ3) is 4.51. The van der Waals surface area contributed by atoms with Gasteiger partial charge in [-0.15, -0.1) is 0 Å². The molecule has 0 aromatic heterocycles. The van der Waals surface area contributed by atoms with E-state index in [2.05, 4.69) is 17.4 Å². The zero-order chi connectivity index (χ0) is 14.9. The van der Waals surface area contributed by atoms with Crippen LogP contribution in [0.1, 0.15) is 11.6 Å². The van der Waals surface area contributed by atoms with E-state index in [4.69, 9.17) is 14.7 Å². The number of nitrogens with one attached hydrogen (secondary N) is 1. The molecule has 2 aromatic carbocycles. The third-order valence-electron chi connectivity index (χ3n) is 3.01. The molecule has 1 N–H and O–H groups in total. The Morgan fingerprint density at radius 2 is 1.95 bits per heavy atom. The van der Waals surface area contributed by atoms with Crippen molar-refractivity contribution in [2.24, 2.45) is 0 Å². The number of nitriles is 1. The predicted octanol–water partition coefficient (Wildman–Crippen LogP) is 3.39. The van der Waals surface area contributed by atoms with Crippen LogP contribution < -0.4 is 10.1 Å². The summed E-state index contributed by atoms with van der Waals surface area (Å²) in [6, 6.07) is 19.7. The van der Waals surface area contributed by atoms with Gasteiger partial charge in [0.2, 0.25) is 0 Å². The molecule has 21 heavy (non-hydrogen) atoms. The molecule has 0 aliphatic heterocycles. The first-order valence-electron chi connectivity index (χ1n) is 6.73. The number of anilines is 1.